The van der Waals surface area contributed by atoms with E-state index >= 15 is 0 Å². The second-order valence-electron chi connectivity index (χ2n) is 5.97. The van der Waals surface area contributed by atoms with Crippen LogP contribution in [0, 0.1) is 12.7 Å². The zero-order chi connectivity index (χ0) is 18.1. The first-order valence-electron chi connectivity index (χ1n) is 8.13. The molecule has 2 aromatic carbocycles. The maximum absolute atomic E-state index is 13.3. The van der Waals surface area contributed by atoms with Crippen molar-refractivity contribution in [1.82, 2.24) is 0 Å². The average molecular weight is 362 g/mol. The molecule has 0 saturated carbocycles. The quantitative estimate of drug-likeness (QED) is 0.602. The lowest BCUT2D eigenvalue weighted by Crippen LogP contribution is -2.32. The van der Waals surface area contributed by atoms with Crippen molar-refractivity contribution < 1.29 is 9.18 Å². The van der Waals surface area contributed by atoms with Crippen LogP contribution >= 0.6 is 11.3 Å². The van der Waals surface area contributed by atoms with Crippen LogP contribution in [0.3, 0.4) is 0 Å². The van der Waals surface area contributed by atoms with Crippen molar-refractivity contribution in [2.24, 2.45) is 4.99 Å². The molecule has 0 saturated heterocycles. The first-order valence-corrected chi connectivity index (χ1v) is 9.01. The highest BCUT2D eigenvalue weighted by molar-refractivity contribution is 7.10. The maximum Gasteiger partial charge on any atom is 0.282 e. The Kier molecular flexibility index (Phi) is 4.22. The first kappa shape index (κ1) is 16.4. The summed E-state index contributed by atoms with van der Waals surface area (Å²) in [7, 11) is 0. The van der Waals surface area contributed by atoms with Crippen LogP contribution in [0.1, 0.15) is 16.0 Å². The van der Waals surface area contributed by atoms with Crippen LogP contribution in [-0.4, -0.2) is 11.7 Å². The van der Waals surface area contributed by atoms with Gasteiger partial charge in [-0.3, -0.25) is 9.69 Å². The zero-order valence-corrected chi connectivity index (χ0v) is 14.8. The van der Waals surface area contributed by atoms with E-state index in [1.807, 2.05) is 48.7 Å². The van der Waals surface area contributed by atoms with E-state index in [-0.39, 0.29) is 11.7 Å². The SMILES string of the molecule is Cc1cccc(N2C(=O)/C(=C\c3cccs3)N=C2c2ccc(F)cc2)c1. The molecule has 0 atom stereocenters. The molecule has 0 aliphatic carbocycles. The number of aryl methyl sites for hydroxylation is 1. The summed E-state index contributed by atoms with van der Waals surface area (Å²) < 4.78 is 13.3. The number of benzene rings is 2. The lowest BCUT2D eigenvalue weighted by Gasteiger charge is -2.19. The summed E-state index contributed by atoms with van der Waals surface area (Å²) in [6, 6.07) is 17.6. The number of carbonyl (C=O) groups excluding carboxylic acids is 1. The summed E-state index contributed by atoms with van der Waals surface area (Å²) in [4.78, 5) is 20.2. The normalized spacial score (nSPS) is 15.6. The molecule has 0 unspecified atom stereocenters. The van der Waals surface area contributed by atoms with Crippen LogP contribution in [0.2, 0.25) is 0 Å². The van der Waals surface area contributed by atoms with Gasteiger partial charge in [0.2, 0.25) is 0 Å². The molecule has 0 radical (unpaired) electrons. The van der Waals surface area contributed by atoms with Gasteiger partial charge in [0.25, 0.3) is 5.91 Å². The highest BCUT2D eigenvalue weighted by atomic mass is 32.1. The summed E-state index contributed by atoms with van der Waals surface area (Å²) in [6.07, 6.45) is 1.78. The largest absolute Gasteiger partial charge is 0.282 e. The van der Waals surface area contributed by atoms with Gasteiger partial charge in [-0.1, -0.05) is 18.2 Å². The summed E-state index contributed by atoms with van der Waals surface area (Å²) >= 11 is 1.54. The Morgan fingerprint density at radius 3 is 2.58 bits per heavy atom. The summed E-state index contributed by atoms with van der Waals surface area (Å²) in [5.41, 5.74) is 2.85. The van der Waals surface area contributed by atoms with Crippen molar-refractivity contribution in [1.29, 1.82) is 0 Å². The molecule has 128 valence electrons. The number of anilines is 1. The topological polar surface area (TPSA) is 32.7 Å². The van der Waals surface area contributed by atoms with Gasteiger partial charge in [0.15, 0.2) is 0 Å². The van der Waals surface area contributed by atoms with Gasteiger partial charge in [0.05, 0.1) is 5.69 Å². The number of amidine groups is 1. The molecule has 2 heterocycles. The fourth-order valence-corrected chi connectivity index (χ4v) is 3.48. The van der Waals surface area contributed by atoms with Gasteiger partial charge in [-0.05, 0) is 66.4 Å². The molecule has 3 aromatic rings. The number of hydrogen-bond acceptors (Lipinski definition) is 3. The number of nitrogens with zero attached hydrogens (tertiary/aromatic N) is 2. The molecule has 3 nitrogen and oxygen atoms in total. The van der Waals surface area contributed by atoms with Crippen molar-refractivity contribution >= 4 is 34.8 Å². The molecule has 1 aliphatic heterocycles. The molecule has 0 spiro atoms. The summed E-state index contributed by atoms with van der Waals surface area (Å²) in [5.74, 6) is -0.0122. The van der Waals surface area contributed by atoms with Crippen molar-refractivity contribution in [3.8, 4) is 0 Å². The van der Waals surface area contributed by atoms with Crippen molar-refractivity contribution in [2.75, 3.05) is 4.90 Å². The Morgan fingerprint density at radius 1 is 1.08 bits per heavy atom. The summed E-state index contributed by atoms with van der Waals surface area (Å²) in [5, 5.41) is 1.95. The molecule has 4 rings (SSSR count). The fourth-order valence-electron chi connectivity index (χ4n) is 2.82. The monoisotopic (exact) mass is 362 g/mol. The zero-order valence-electron chi connectivity index (χ0n) is 14.0. The minimum atomic E-state index is -0.324. The molecule has 0 N–H and O–H groups in total. The molecule has 0 bridgehead atoms. The number of amides is 1. The minimum Gasteiger partial charge on any atom is -0.266 e. The van der Waals surface area contributed by atoms with E-state index in [1.165, 1.54) is 12.1 Å². The van der Waals surface area contributed by atoms with E-state index in [4.69, 9.17) is 0 Å². The van der Waals surface area contributed by atoms with Crippen LogP contribution in [0.15, 0.2) is 76.7 Å². The highest BCUT2D eigenvalue weighted by Gasteiger charge is 2.32. The van der Waals surface area contributed by atoms with Gasteiger partial charge in [-0.25, -0.2) is 9.38 Å². The van der Waals surface area contributed by atoms with Crippen molar-refractivity contribution in [2.45, 2.75) is 6.92 Å². The second kappa shape index (κ2) is 6.69. The van der Waals surface area contributed by atoms with Gasteiger partial charge in [-0.2, -0.15) is 0 Å². The second-order valence-corrected chi connectivity index (χ2v) is 6.95. The number of hydrogen-bond donors (Lipinski definition) is 0. The Bertz CT molecular complexity index is 1020. The third kappa shape index (κ3) is 3.09. The van der Waals surface area contributed by atoms with E-state index in [1.54, 1.807) is 34.4 Å². The van der Waals surface area contributed by atoms with Crippen molar-refractivity contribution in [3.63, 3.8) is 0 Å². The molecule has 5 heteroatoms. The molecular formula is C21H15FN2OS. The van der Waals surface area contributed by atoms with Crippen LogP contribution in [0.4, 0.5) is 10.1 Å². The van der Waals surface area contributed by atoms with Gasteiger partial charge in [0, 0.05) is 10.4 Å². The first-order chi connectivity index (χ1) is 12.6. The molecular weight excluding hydrogens is 347 g/mol. The van der Waals surface area contributed by atoms with E-state index < -0.39 is 0 Å². The van der Waals surface area contributed by atoms with Crippen LogP contribution in [0.5, 0.6) is 0 Å². The van der Waals surface area contributed by atoms with E-state index in [0.717, 1.165) is 16.1 Å². The standard InChI is InChI=1S/C21H15FN2OS/c1-14-4-2-5-17(12-14)24-20(15-7-9-16(22)10-8-15)23-19(21(24)25)13-18-6-3-11-26-18/h2-13H,1H3/b19-13+. The Balaban J connectivity index is 1.84. The van der Waals surface area contributed by atoms with Crippen LogP contribution in [-0.2, 0) is 4.79 Å². The molecule has 1 aliphatic rings. The fraction of sp³-hybridized carbons (Fsp3) is 0.0476. The maximum atomic E-state index is 13.3. The van der Waals surface area contributed by atoms with Gasteiger partial charge >= 0.3 is 0 Å². The number of rotatable bonds is 3. The predicted molar refractivity (Wildman–Crippen MR) is 104 cm³/mol. The number of halogens is 1. The number of carbonyl (C=O) groups is 1. The lowest BCUT2D eigenvalue weighted by atomic mass is 10.1. The summed E-state index contributed by atoms with van der Waals surface area (Å²) in [6.45, 7) is 1.97. The molecule has 1 amide bonds. The van der Waals surface area contributed by atoms with Crippen LogP contribution in [0.25, 0.3) is 6.08 Å². The highest BCUT2D eigenvalue weighted by Crippen LogP contribution is 2.29. The van der Waals surface area contributed by atoms with Gasteiger partial charge < -0.3 is 0 Å². The predicted octanol–water partition coefficient (Wildman–Crippen LogP) is 5.03. The Hall–Kier alpha value is -3.05. The van der Waals surface area contributed by atoms with E-state index in [2.05, 4.69) is 4.99 Å². The Labute approximate surface area is 154 Å². The van der Waals surface area contributed by atoms with E-state index in [0.29, 0.717) is 17.1 Å². The van der Waals surface area contributed by atoms with Gasteiger partial charge in [-0.15, -0.1) is 11.3 Å². The molecule has 1 aromatic heterocycles. The van der Waals surface area contributed by atoms with Gasteiger partial charge in [0.1, 0.15) is 17.3 Å². The van der Waals surface area contributed by atoms with E-state index in [9.17, 15) is 9.18 Å². The lowest BCUT2D eigenvalue weighted by molar-refractivity contribution is -0.113. The van der Waals surface area contributed by atoms with Crippen LogP contribution < -0.4 is 4.90 Å². The number of thiophene rings is 1. The average Bonchev–Trinajstić information content (AvgIpc) is 3.25. The minimum absolute atomic E-state index is 0.191. The number of aliphatic imine (C=N–C) groups is 1. The van der Waals surface area contributed by atoms with Crippen molar-refractivity contribution in [3.05, 3.63) is 93.6 Å². The Morgan fingerprint density at radius 2 is 1.88 bits per heavy atom. The molecule has 26 heavy (non-hydrogen) atoms. The third-order valence-corrected chi connectivity index (χ3v) is 4.86. The smallest absolute Gasteiger partial charge is 0.266 e. The molecule has 0 fully saturated rings. The third-order valence-electron chi connectivity index (χ3n) is 4.04.